The van der Waals surface area contributed by atoms with E-state index in [0.717, 1.165) is 50.9 Å². The fraction of sp³-hybridized carbons (Fsp3) is 0.500. The molecule has 3 heterocycles. The summed E-state index contributed by atoms with van der Waals surface area (Å²) in [5, 5.41) is 9.19. The normalized spacial score (nSPS) is 18.2. The van der Waals surface area contributed by atoms with Crippen molar-refractivity contribution >= 4 is 23.3 Å². The Balaban J connectivity index is 1.40. The van der Waals surface area contributed by atoms with Gasteiger partial charge in [-0.1, -0.05) is 12.1 Å². The number of hydrogen-bond donors (Lipinski definition) is 1. The van der Waals surface area contributed by atoms with Crippen LogP contribution in [0.1, 0.15) is 24.0 Å². The number of piperidine rings is 1. The summed E-state index contributed by atoms with van der Waals surface area (Å²) in [5.41, 5.74) is 4.02. The number of piperazine rings is 1. The summed E-state index contributed by atoms with van der Waals surface area (Å²) in [5.74, 6) is 0.937. The lowest BCUT2D eigenvalue weighted by Crippen LogP contribution is -2.47. The Hall–Kier alpha value is -2.83. The zero-order chi connectivity index (χ0) is 20.4. The van der Waals surface area contributed by atoms with E-state index in [2.05, 4.69) is 62.8 Å². The van der Waals surface area contributed by atoms with Gasteiger partial charge in [-0.2, -0.15) is 0 Å². The highest BCUT2D eigenvalue weighted by Gasteiger charge is 2.26. The first-order valence-corrected chi connectivity index (χ1v) is 10.4. The molecule has 0 spiro atoms. The van der Waals surface area contributed by atoms with Crippen molar-refractivity contribution < 1.29 is 9.90 Å². The molecule has 1 N–H and O–H groups in total. The van der Waals surface area contributed by atoms with Crippen molar-refractivity contribution in [3.63, 3.8) is 0 Å². The third-order valence-corrected chi connectivity index (χ3v) is 6.33. The van der Waals surface area contributed by atoms with Crippen LogP contribution in [0.3, 0.4) is 0 Å². The summed E-state index contributed by atoms with van der Waals surface area (Å²) < 4.78 is 0. The molecule has 7 heteroatoms. The molecule has 1 aromatic heterocycles. The zero-order valence-corrected chi connectivity index (χ0v) is 17.2. The predicted octanol–water partition coefficient (Wildman–Crippen LogP) is 2.72. The van der Waals surface area contributed by atoms with Crippen molar-refractivity contribution in [3.8, 4) is 0 Å². The standard InChI is InChI=1S/C22H29N5O2/c1-16-4-3-5-19(17(16)2)25-10-12-27(13-11-25)21-14-20(23-15-24-21)26-8-6-18(7-9-26)22(28)29/h3-5,14-15,18H,6-13H2,1-2H3,(H,28,29). The molecule has 154 valence electrons. The number of anilines is 3. The van der Waals surface area contributed by atoms with Crippen LogP contribution in [0.2, 0.25) is 0 Å². The SMILES string of the molecule is Cc1cccc(N2CCN(c3cc(N4CCC(C(=O)O)CC4)ncn3)CC2)c1C. The number of nitrogens with zero attached hydrogens (tertiary/aromatic N) is 5. The molecule has 0 atom stereocenters. The fourth-order valence-electron chi connectivity index (χ4n) is 4.29. The molecule has 0 radical (unpaired) electrons. The fourth-order valence-corrected chi connectivity index (χ4v) is 4.29. The Morgan fingerprint density at radius 1 is 0.931 bits per heavy atom. The van der Waals surface area contributed by atoms with Crippen molar-refractivity contribution in [2.45, 2.75) is 26.7 Å². The van der Waals surface area contributed by atoms with Crippen molar-refractivity contribution in [1.82, 2.24) is 9.97 Å². The summed E-state index contributed by atoms with van der Waals surface area (Å²) in [4.78, 5) is 27.1. The van der Waals surface area contributed by atoms with Crippen LogP contribution in [0.4, 0.5) is 17.3 Å². The summed E-state index contributed by atoms with van der Waals surface area (Å²) >= 11 is 0. The second kappa shape index (κ2) is 8.27. The largest absolute Gasteiger partial charge is 0.481 e. The maximum atomic E-state index is 11.2. The number of rotatable bonds is 4. The first-order chi connectivity index (χ1) is 14.0. The monoisotopic (exact) mass is 395 g/mol. The number of carboxylic acid groups (broad SMARTS) is 1. The van der Waals surface area contributed by atoms with Gasteiger partial charge in [0.25, 0.3) is 0 Å². The average Bonchev–Trinajstić information content (AvgIpc) is 2.76. The van der Waals surface area contributed by atoms with Crippen molar-refractivity contribution in [1.29, 1.82) is 0 Å². The number of aliphatic carboxylic acids is 1. The van der Waals surface area contributed by atoms with Gasteiger partial charge < -0.3 is 19.8 Å². The van der Waals surface area contributed by atoms with Gasteiger partial charge in [0.2, 0.25) is 0 Å². The van der Waals surface area contributed by atoms with Gasteiger partial charge in [0.05, 0.1) is 5.92 Å². The van der Waals surface area contributed by atoms with E-state index in [9.17, 15) is 9.90 Å². The minimum atomic E-state index is -0.685. The number of aryl methyl sites for hydroxylation is 1. The Bertz CT molecular complexity index is 871. The van der Waals surface area contributed by atoms with Crippen LogP contribution < -0.4 is 14.7 Å². The molecule has 2 fully saturated rings. The van der Waals surface area contributed by atoms with Crippen LogP contribution in [0.25, 0.3) is 0 Å². The van der Waals surface area contributed by atoms with Gasteiger partial charge in [0.15, 0.2) is 0 Å². The number of carboxylic acids is 1. The van der Waals surface area contributed by atoms with Gasteiger partial charge in [-0.15, -0.1) is 0 Å². The Kier molecular flexibility index (Phi) is 5.56. The molecule has 2 aliphatic rings. The third kappa shape index (κ3) is 4.13. The topological polar surface area (TPSA) is 72.8 Å². The molecule has 29 heavy (non-hydrogen) atoms. The highest BCUT2D eigenvalue weighted by atomic mass is 16.4. The maximum Gasteiger partial charge on any atom is 0.306 e. The van der Waals surface area contributed by atoms with Crippen molar-refractivity contribution in [2.24, 2.45) is 5.92 Å². The minimum Gasteiger partial charge on any atom is -0.481 e. The second-order valence-electron chi connectivity index (χ2n) is 8.03. The summed E-state index contributed by atoms with van der Waals surface area (Å²) in [7, 11) is 0. The summed E-state index contributed by atoms with van der Waals surface area (Å²) in [6.07, 6.45) is 2.97. The summed E-state index contributed by atoms with van der Waals surface area (Å²) in [6, 6.07) is 8.56. The second-order valence-corrected chi connectivity index (χ2v) is 8.03. The molecule has 2 saturated heterocycles. The van der Waals surface area contributed by atoms with E-state index in [0.29, 0.717) is 12.8 Å². The van der Waals surface area contributed by atoms with Gasteiger partial charge in [0, 0.05) is 51.0 Å². The lowest BCUT2D eigenvalue weighted by Gasteiger charge is -2.38. The van der Waals surface area contributed by atoms with E-state index in [-0.39, 0.29) is 5.92 Å². The van der Waals surface area contributed by atoms with Crippen molar-refractivity contribution in [2.75, 3.05) is 54.0 Å². The van der Waals surface area contributed by atoms with E-state index >= 15 is 0 Å². The van der Waals surface area contributed by atoms with E-state index in [1.807, 2.05) is 0 Å². The molecule has 4 rings (SSSR count). The molecule has 2 aliphatic heterocycles. The highest BCUT2D eigenvalue weighted by Crippen LogP contribution is 2.27. The van der Waals surface area contributed by atoms with Gasteiger partial charge >= 0.3 is 5.97 Å². The van der Waals surface area contributed by atoms with Gasteiger partial charge in [0.1, 0.15) is 18.0 Å². The van der Waals surface area contributed by atoms with Gasteiger partial charge in [-0.05, 0) is 43.9 Å². The molecular formula is C22H29N5O2. The van der Waals surface area contributed by atoms with E-state index in [1.54, 1.807) is 6.33 Å². The molecule has 7 nitrogen and oxygen atoms in total. The number of hydrogen-bond acceptors (Lipinski definition) is 6. The molecule has 0 unspecified atom stereocenters. The predicted molar refractivity (Wildman–Crippen MR) is 115 cm³/mol. The smallest absolute Gasteiger partial charge is 0.306 e. The third-order valence-electron chi connectivity index (χ3n) is 6.33. The average molecular weight is 396 g/mol. The van der Waals surface area contributed by atoms with Crippen LogP contribution in [-0.4, -0.2) is 60.3 Å². The van der Waals surface area contributed by atoms with Crippen LogP contribution in [0.5, 0.6) is 0 Å². The number of carbonyl (C=O) groups is 1. The first-order valence-electron chi connectivity index (χ1n) is 10.4. The Morgan fingerprint density at radius 3 is 2.14 bits per heavy atom. The van der Waals surface area contributed by atoms with Crippen molar-refractivity contribution in [3.05, 3.63) is 41.7 Å². The lowest BCUT2D eigenvalue weighted by molar-refractivity contribution is -0.142. The van der Waals surface area contributed by atoms with Crippen LogP contribution in [0.15, 0.2) is 30.6 Å². The molecule has 0 bridgehead atoms. The lowest BCUT2D eigenvalue weighted by atomic mass is 9.97. The first kappa shape index (κ1) is 19.5. The van der Waals surface area contributed by atoms with Gasteiger partial charge in [-0.3, -0.25) is 4.79 Å². The minimum absolute atomic E-state index is 0.231. The van der Waals surface area contributed by atoms with Gasteiger partial charge in [-0.25, -0.2) is 9.97 Å². The quantitative estimate of drug-likeness (QED) is 0.853. The Labute approximate surface area is 172 Å². The van der Waals surface area contributed by atoms with E-state index in [4.69, 9.17) is 0 Å². The van der Waals surface area contributed by atoms with Crippen LogP contribution in [0, 0.1) is 19.8 Å². The summed E-state index contributed by atoms with van der Waals surface area (Å²) in [6.45, 7) is 9.59. The molecule has 2 aromatic rings. The number of benzene rings is 1. The highest BCUT2D eigenvalue weighted by molar-refractivity contribution is 5.70. The van der Waals surface area contributed by atoms with Crippen LogP contribution >= 0.6 is 0 Å². The molecule has 0 amide bonds. The molecular weight excluding hydrogens is 366 g/mol. The maximum absolute atomic E-state index is 11.2. The van der Waals surface area contributed by atoms with E-state index < -0.39 is 5.97 Å². The number of aromatic nitrogens is 2. The van der Waals surface area contributed by atoms with E-state index in [1.165, 1.54) is 16.8 Å². The molecule has 1 aromatic carbocycles. The zero-order valence-electron chi connectivity index (χ0n) is 17.2. The molecule has 0 saturated carbocycles. The Morgan fingerprint density at radius 2 is 1.52 bits per heavy atom. The molecule has 0 aliphatic carbocycles. The van der Waals surface area contributed by atoms with Crippen LogP contribution in [-0.2, 0) is 4.79 Å².